The van der Waals surface area contributed by atoms with Crippen molar-refractivity contribution in [3.63, 3.8) is 0 Å². The van der Waals surface area contributed by atoms with Crippen molar-refractivity contribution in [3.8, 4) is 0 Å². The summed E-state index contributed by atoms with van der Waals surface area (Å²) in [5.74, 6) is 11.2. The van der Waals surface area contributed by atoms with E-state index in [-0.39, 0.29) is 91.9 Å². The predicted octanol–water partition coefficient (Wildman–Crippen LogP) is 26.8. The molecule has 0 aromatic heterocycles. The van der Waals surface area contributed by atoms with Crippen molar-refractivity contribution in [2.45, 2.75) is 508 Å². The van der Waals surface area contributed by atoms with Crippen molar-refractivity contribution < 1.29 is 28.8 Å². The Morgan fingerprint density at radius 3 is 0.696 bits per heavy atom. The van der Waals surface area contributed by atoms with Crippen LogP contribution < -0.4 is 31.9 Å². The van der Waals surface area contributed by atoms with Gasteiger partial charge in [0.1, 0.15) is 0 Å². The topological polar surface area (TPSA) is 175 Å². The molecule has 0 heterocycles. The molecule has 12 nitrogen and oxygen atoms in total. The highest BCUT2D eigenvalue weighted by molar-refractivity contribution is 5.82. The normalized spacial score (nSPS) is 20.7. The third-order valence-corrected chi connectivity index (χ3v) is 26.3. The van der Waals surface area contributed by atoms with E-state index in [0.29, 0.717) is 23.6 Å². The van der Waals surface area contributed by atoms with Crippen LogP contribution in [0.25, 0.3) is 0 Å². The van der Waals surface area contributed by atoms with E-state index in [0.717, 1.165) is 129 Å². The Kier molecular flexibility index (Phi) is 45.9. The van der Waals surface area contributed by atoms with Crippen LogP contribution in [0.4, 0.5) is 0 Å². The number of carbonyl (C=O) groups is 6. The number of carbonyl (C=O) groups excluding carboxylic acids is 6. The van der Waals surface area contributed by atoms with Crippen molar-refractivity contribution in [3.05, 3.63) is 12.2 Å². The van der Waals surface area contributed by atoms with Crippen LogP contribution in [0.15, 0.2) is 12.2 Å². The summed E-state index contributed by atoms with van der Waals surface area (Å²) >= 11 is 0. The first-order chi connectivity index (χ1) is 53.5. The molecule has 0 saturated heterocycles. The average Bonchev–Trinajstić information content (AvgIpc) is 1.82. The van der Waals surface area contributed by atoms with Gasteiger partial charge < -0.3 is 31.9 Å². The lowest BCUT2D eigenvalue weighted by molar-refractivity contribution is -0.128. The zero-order chi connectivity index (χ0) is 86.0. The highest BCUT2D eigenvalue weighted by Crippen LogP contribution is 2.42. The van der Waals surface area contributed by atoms with Crippen LogP contribution in [0, 0.1) is 100 Å². The van der Waals surface area contributed by atoms with Gasteiger partial charge in [-0.1, -0.05) is 239 Å². The molecule has 6 unspecified atom stereocenters. The van der Waals surface area contributed by atoms with E-state index in [4.69, 9.17) is 0 Å². The fourth-order valence-corrected chi connectivity index (χ4v) is 19.5. The number of nitrogens with one attached hydrogen (secondary N) is 6. The Bertz CT molecular complexity index is 2730. The summed E-state index contributed by atoms with van der Waals surface area (Å²) in [5.41, 5.74) is 0.672. The van der Waals surface area contributed by atoms with Crippen molar-refractivity contribution in [2.75, 3.05) is 0 Å². The van der Waals surface area contributed by atoms with Gasteiger partial charge in [-0.25, -0.2) is 0 Å². The van der Waals surface area contributed by atoms with Crippen LogP contribution in [0.5, 0.6) is 0 Å². The molecule has 9 aliphatic carbocycles. The Morgan fingerprint density at radius 1 is 0.270 bits per heavy atom. The summed E-state index contributed by atoms with van der Waals surface area (Å²) in [7, 11) is 0. The second kappa shape index (κ2) is 50.8. The first kappa shape index (κ1) is 104. The van der Waals surface area contributed by atoms with Crippen LogP contribution in [0.2, 0.25) is 0 Å². The Morgan fingerprint density at radius 2 is 0.470 bits per heavy atom. The maximum atomic E-state index is 12.6. The van der Waals surface area contributed by atoms with Crippen LogP contribution in [-0.4, -0.2) is 68.7 Å². The summed E-state index contributed by atoms with van der Waals surface area (Å²) in [6, 6.07) is 0. The summed E-state index contributed by atoms with van der Waals surface area (Å²) < 4.78 is 0. The Hall–Kier alpha value is -3.44. The fraction of sp³-hybridized carbons (Fsp3) is 0.922. The molecule has 9 aliphatic rings. The minimum absolute atomic E-state index is 0.0910. The van der Waals surface area contributed by atoms with Gasteiger partial charge in [0.25, 0.3) is 0 Å². The summed E-state index contributed by atoms with van der Waals surface area (Å²) in [6.07, 6.45) is 62.0. The molecule has 9 rings (SSSR count). The van der Waals surface area contributed by atoms with E-state index in [1.807, 2.05) is 48.5 Å². The number of allylic oxidation sites excluding steroid dienone is 1. The van der Waals surface area contributed by atoms with Crippen LogP contribution in [-0.2, 0) is 28.8 Å². The molecule has 670 valence electrons. The number of rotatable bonds is 34. The molecule has 115 heavy (non-hydrogen) atoms. The summed E-state index contributed by atoms with van der Waals surface area (Å²) in [6.45, 7) is 54.2. The fourth-order valence-electron chi connectivity index (χ4n) is 19.5. The molecule has 0 aliphatic heterocycles. The monoisotopic (exact) mass is 1610 g/mol. The molecule has 0 bridgehead atoms. The minimum Gasteiger partial charge on any atom is -0.351 e. The van der Waals surface area contributed by atoms with Gasteiger partial charge in [0, 0.05) is 68.7 Å². The number of amides is 6. The highest BCUT2D eigenvalue weighted by Gasteiger charge is 2.36. The van der Waals surface area contributed by atoms with Gasteiger partial charge in [-0.2, -0.15) is 0 Å². The van der Waals surface area contributed by atoms with Crippen molar-refractivity contribution >= 4 is 35.4 Å². The van der Waals surface area contributed by atoms with Crippen molar-refractivity contribution in [1.29, 1.82) is 0 Å². The second-order valence-corrected chi connectivity index (χ2v) is 47.5. The molecule has 0 aromatic rings. The first-order valence-electron chi connectivity index (χ1n) is 49.0. The van der Waals surface area contributed by atoms with Gasteiger partial charge in [0.05, 0.1) is 0 Å². The van der Waals surface area contributed by atoms with E-state index < -0.39 is 0 Å². The van der Waals surface area contributed by atoms with E-state index in [1.54, 1.807) is 0 Å². The molecular weight excluding hydrogens is 1420 g/mol. The molecular formula is C103H192N6O6. The van der Waals surface area contributed by atoms with Gasteiger partial charge in [0.2, 0.25) is 35.4 Å². The Balaban J connectivity index is 0.000000291. The van der Waals surface area contributed by atoms with Crippen LogP contribution in [0.3, 0.4) is 0 Å². The van der Waals surface area contributed by atoms with Gasteiger partial charge in [-0.15, -0.1) is 6.58 Å². The molecule has 9 fully saturated rings. The van der Waals surface area contributed by atoms with E-state index >= 15 is 0 Å². The third-order valence-electron chi connectivity index (χ3n) is 26.3. The lowest BCUT2D eigenvalue weighted by atomic mass is 9.77. The quantitative estimate of drug-likeness (QED) is 0.0350. The molecule has 12 heteroatoms. The molecule has 6 N–H and O–H groups in total. The molecule has 0 radical (unpaired) electrons. The van der Waals surface area contributed by atoms with Crippen molar-refractivity contribution in [2.24, 2.45) is 100 Å². The maximum Gasteiger partial charge on any atom is 0.223 e. The smallest absolute Gasteiger partial charge is 0.223 e. The lowest BCUT2D eigenvalue weighted by Gasteiger charge is -2.31. The van der Waals surface area contributed by atoms with E-state index in [9.17, 15) is 28.8 Å². The van der Waals surface area contributed by atoms with E-state index in [1.165, 1.54) is 238 Å². The molecule has 6 amide bonds. The van der Waals surface area contributed by atoms with Gasteiger partial charge in [-0.3, -0.25) is 28.8 Å². The Labute approximate surface area is 712 Å². The molecule has 0 aromatic carbocycles. The summed E-state index contributed by atoms with van der Waals surface area (Å²) in [4.78, 5) is 74.6. The first-order valence-corrected chi connectivity index (χ1v) is 49.0. The lowest BCUT2D eigenvalue weighted by Crippen LogP contribution is -2.45. The molecule has 0 spiro atoms. The second-order valence-electron chi connectivity index (χ2n) is 47.5. The standard InChI is InChI=1S/C19H35NO.C18H33NO.C18H35NO.2C17H31NO.C14H27NO/c1-19(2,3)20-18(21)17(14-16-10-6-7-11-16)13-12-15-8-4-5-9-15;1-18(2,3)19-17(20)16(13-15-9-6-10-15)12-11-14-7-4-5-8-14;1-17(2,3)13-15(16(20)19-18(4,5)6)12-11-14-9-7-8-10-14;1-17(2,3)18-16(19)15(12-14-8-9-14)11-10-13-6-4-5-7-13;1-13(2)12-15(16(19)18-17(3,4)5)11-10-14-8-6-7-9-14;1-10(2)12(9-8-11-6-7-11)13(16)15-14(3,4)5/h15-17H,4-14H2,1-3H3,(H,20,21);14-16H,4-13H2,1-3H3,(H,19,20);14-15H,7-13H2,1-6H3,(H,19,20);13-15H,4-12H2,1-3H3,(H,18,19);14-15H,1,6-12H2,2-5H3,(H,18,19);10-12H,6-9H2,1-5H3,(H,15,16). The molecule has 9 saturated carbocycles. The third kappa shape index (κ3) is 51.2. The predicted molar refractivity (Wildman–Crippen MR) is 490 cm³/mol. The van der Waals surface area contributed by atoms with E-state index in [2.05, 4.69) is 156 Å². The van der Waals surface area contributed by atoms with Crippen LogP contribution in [0.1, 0.15) is 474 Å². The van der Waals surface area contributed by atoms with Gasteiger partial charge in [0.15, 0.2) is 0 Å². The SMILES string of the molecule is C=C(C)CC(CCC1CCCC1)C(=O)NC(C)(C)C.CC(C)(C)CC(CCC1CCCC1)C(=O)NC(C)(C)C.CC(C)(C)NC(=O)C(CCC1CCCC1)CC1CC1.CC(C)(C)NC(=O)C(CCC1CCCC1)CC1CCC1.CC(C)(C)NC(=O)C(CCC1CCCC1)CC1CCCC1.CC(C)C(CCC1CC1)C(=O)NC(C)(C)C. The average molecular weight is 1610 g/mol. The largest absolute Gasteiger partial charge is 0.351 e. The molecule has 6 atom stereocenters. The zero-order valence-corrected chi connectivity index (χ0v) is 80.3. The van der Waals surface area contributed by atoms with Gasteiger partial charge in [-0.05, 0) is 305 Å². The van der Waals surface area contributed by atoms with Crippen molar-refractivity contribution in [1.82, 2.24) is 31.9 Å². The minimum atomic E-state index is -0.141. The highest BCUT2D eigenvalue weighted by atomic mass is 16.2. The zero-order valence-electron chi connectivity index (χ0n) is 80.3. The number of hydrogen-bond acceptors (Lipinski definition) is 6. The van der Waals surface area contributed by atoms with Gasteiger partial charge >= 0.3 is 0 Å². The summed E-state index contributed by atoms with van der Waals surface area (Å²) in [5, 5.41) is 19.0. The maximum absolute atomic E-state index is 12.6. The number of hydrogen-bond donors (Lipinski definition) is 6. The van der Waals surface area contributed by atoms with Crippen LogP contribution >= 0.6 is 0 Å².